The van der Waals surface area contributed by atoms with E-state index in [1.54, 1.807) is 23.1 Å². The van der Waals surface area contributed by atoms with E-state index in [4.69, 9.17) is 10.5 Å². The van der Waals surface area contributed by atoms with Crippen molar-refractivity contribution in [2.45, 2.75) is 18.5 Å². The van der Waals surface area contributed by atoms with Crippen LogP contribution in [0.3, 0.4) is 0 Å². The molecule has 0 aliphatic carbocycles. The molecule has 0 unspecified atom stereocenters. The van der Waals surface area contributed by atoms with Crippen molar-refractivity contribution in [3.05, 3.63) is 60.6 Å². The summed E-state index contributed by atoms with van der Waals surface area (Å²) in [5.74, 6) is 0.829. The number of hydrogen-bond donors (Lipinski definition) is 3. The lowest BCUT2D eigenvalue weighted by atomic mass is 10.1. The molecule has 8 heteroatoms. The number of aromatic nitrogens is 3. The molecule has 4 rings (SSSR count). The van der Waals surface area contributed by atoms with Crippen LogP contribution in [-0.2, 0) is 7.05 Å². The van der Waals surface area contributed by atoms with Gasteiger partial charge in [0.05, 0.1) is 11.8 Å². The molecule has 1 aliphatic rings. The minimum Gasteiger partial charge on any atom is -0.492 e. The molecule has 1 amide bonds. The van der Waals surface area contributed by atoms with Gasteiger partial charge in [-0.3, -0.25) is 9.48 Å². The van der Waals surface area contributed by atoms with Gasteiger partial charge < -0.3 is 21.1 Å². The number of para-hydroxylation sites is 1. The summed E-state index contributed by atoms with van der Waals surface area (Å²) in [7, 11) is 1.84. The van der Waals surface area contributed by atoms with E-state index in [-0.39, 0.29) is 23.8 Å². The number of amides is 1. The molecule has 2 aromatic heterocycles. The lowest BCUT2D eigenvalue weighted by Gasteiger charge is -2.14. The summed E-state index contributed by atoms with van der Waals surface area (Å²) in [6.45, 7) is 1.24. The minimum absolute atomic E-state index is 0.00771. The van der Waals surface area contributed by atoms with Gasteiger partial charge >= 0.3 is 0 Å². The quantitative estimate of drug-likeness (QED) is 0.588. The van der Waals surface area contributed by atoms with Gasteiger partial charge in [0.2, 0.25) is 0 Å². The van der Waals surface area contributed by atoms with Crippen molar-refractivity contribution in [3.8, 4) is 16.9 Å². The van der Waals surface area contributed by atoms with E-state index in [9.17, 15) is 4.79 Å². The first-order valence-electron chi connectivity index (χ1n) is 9.55. The van der Waals surface area contributed by atoms with Crippen LogP contribution in [0.25, 0.3) is 11.1 Å². The van der Waals surface area contributed by atoms with Crippen molar-refractivity contribution in [1.29, 1.82) is 0 Å². The summed E-state index contributed by atoms with van der Waals surface area (Å²) in [5, 5.41) is 10.6. The number of hydrogen-bond acceptors (Lipinski definition) is 6. The number of anilines is 1. The van der Waals surface area contributed by atoms with E-state index in [0.29, 0.717) is 18.7 Å². The highest BCUT2D eigenvalue weighted by molar-refractivity contribution is 5.99. The Bertz CT molecular complexity index is 988. The Morgan fingerprint density at radius 3 is 2.90 bits per heavy atom. The topological polar surface area (TPSA) is 107 Å². The highest BCUT2D eigenvalue weighted by Crippen LogP contribution is 2.22. The first-order valence-corrected chi connectivity index (χ1v) is 9.55. The molecule has 1 aromatic carbocycles. The average Bonchev–Trinajstić information content (AvgIpc) is 3.36. The Kier molecular flexibility index (Phi) is 5.44. The highest BCUT2D eigenvalue weighted by atomic mass is 16.5. The van der Waals surface area contributed by atoms with Crippen LogP contribution in [0.1, 0.15) is 16.8 Å². The molecule has 0 spiro atoms. The Balaban J connectivity index is 1.36. The molecule has 1 fully saturated rings. The lowest BCUT2D eigenvalue weighted by molar-refractivity contribution is 0.0940. The van der Waals surface area contributed by atoms with Crippen LogP contribution >= 0.6 is 0 Å². The third-order valence-corrected chi connectivity index (χ3v) is 4.95. The van der Waals surface area contributed by atoms with E-state index < -0.39 is 0 Å². The van der Waals surface area contributed by atoms with Crippen LogP contribution in [0.4, 0.5) is 5.82 Å². The third-order valence-electron chi connectivity index (χ3n) is 4.95. The summed E-state index contributed by atoms with van der Waals surface area (Å²) in [5.41, 5.74) is 8.02. The van der Waals surface area contributed by atoms with Crippen LogP contribution in [-0.4, -0.2) is 45.9 Å². The Morgan fingerprint density at radius 2 is 2.14 bits per heavy atom. The standard InChI is InChI=1S/C21H24N6O2/c1-27-12-15(10-25-27)14-7-19(20(22)24-9-14)21(28)26-16-8-17(23-11-16)13-29-18-5-3-2-4-6-18/h2-7,9-10,12,16-17,23H,8,11,13H2,1H3,(H2,22,24)(H,26,28)/t16-,17+/m1/s1. The number of nitrogens with zero attached hydrogens (tertiary/aromatic N) is 3. The van der Waals surface area contributed by atoms with Gasteiger partial charge in [-0.05, 0) is 24.6 Å². The van der Waals surface area contributed by atoms with E-state index in [2.05, 4.69) is 20.7 Å². The molecule has 29 heavy (non-hydrogen) atoms. The van der Waals surface area contributed by atoms with Crippen LogP contribution in [0.2, 0.25) is 0 Å². The summed E-state index contributed by atoms with van der Waals surface area (Å²) >= 11 is 0. The van der Waals surface area contributed by atoms with Crippen LogP contribution in [0.15, 0.2) is 55.0 Å². The second-order valence-corrected chi connectivity index (χ2v) is 7.19. The van der Waals surface area contributed by atoms with Gasteiger partial charge in [0.1, 0.15) is 18.2 Å². The van der Waals surface area contributed by atoms with Gasteiger partial charge in [-0.1, -0.05) is 18.2 Å². The monoisotopic (exact) mass is 392 g/mol. The van der Waals surface area contributed by atoms with E-state index in [1.165, 1.54) is 0 Å². The lowest BCUT2D eigenvalue weighted by Crippen LogP contribution is -2.36. The Labute approximate surface area is 169 Å². The molecule has 8 nitrogen and oxygen atoms in total. The van der Waals surface area contributed by atoms with E-state index in [1.807, 2.05) is 43.6 Å². The van der Waals surface area contributed by atoms with Crippen LogP contribution in [0.5, 0.6) is 5.75 Å². The smallest absolute Gasteiger partial charge is 0.255 e. The van der Waals surface area contributed by atoms with Crippen molar-refractivity contribution >= 4 is 11.7 Å². The molecule has 0 bridgehead atoms. The molecular weight excluding hydrogens is 368 g/mol. The number of rotatable bonds is 6. The summed E-state index contributed by atoms with van der Waals surface area (Å²) in [6, 6.07) is 11.6. The van der Waals surface area contributed by atoms with Crippen LogP contribution < -0.4 is 21.1 Å². The molecule has 150 valence electrons. The number of benzene rings is 1. The number of pyridine rings is 1. The molecule has 3 heterocycles. The predicted octanol–water partition coefficient (Wildman–Crippen LogP) is 1.60. The first kappa shape index (κ1) is 18.9. The Hall–Kier alpha value is -3.39. The number of carbonyl (C=O) groups excluding carboxylic acids is 1. The van der Waals surface area contributed by atoms with Gasteiger partial charge in [-0.25, -0.2) is 4.98 Å². The minimum atomic E-state index is -0.225. The Morgan fingerprint density at radius 1 is 1.31 bits per heavy atom. The number of nitrogen functional groups attached to an aromatic ring is 1. The largest absolute Gasteiger partial charge is 0.492 e. The van der Waals surface area contributed by atoms with Gasteiger partial charge in [0.15, 0.2) is 0 Å². The maximum atomic E-state index is 12.8. The molecule has 3 aromatic rings. The van der Waals surface area contributed by atoms with Crippen molar-refractivity contribution in [2.24, 2.45) is 7.05 Å². The third kappa shape index (κ3) is 4.55. The molecule has 0 radical (unpaired) electrons. The second kappa shape index (κ2) is 8.32. The fourth-order valence-electron chi connectivity index (χ4n) is 3.42. The molecule has 1 aliphatic heterocycles. The molecule has 2 atom stereocenters. The zero-order valence-corrected chi connectivity index (χ0v) is 16.2. The maximum Gasteiger partial charge on any atom is 0.255 e. The van der Waals surface area contributed by atoms with E-state index in [0.717, 1.165) is 23.3 Å². The summed E-state index contributed by atoms with van der Waals surface area (Å²) in [6.07, 6.45) is 6.03. The van der Waals surface area contributed by atoms with Crippen molar-refractivity contribution in [3.63, 3.8) is 0 Å². The molecule has 0 saturated carbocycles. The van der Waals surface area contributed by atoms with E-state index >= 15 is 0 Å². The first-order chi connectivity index (χ1) is 14.1. The zero-order valence-electron chi connectivity index (χ0n) is 16.2. The maximum absolute atomic E-state index is 12.8. The predicted molar refractivity (Wildman–Crippen MR) is 110 cm³/mol. The SMILES string of the molecule is Cn1cc(-c2cnc(N)c(C(=O)N[C@H]3CN[C@H](COc4ccccc4)C3)c2)cn1. The van der Waals surface area contributed by atoms with Crippen molar-refractivity contribution in [2.75, 3.05) is 18.9 Å². The number of ether oxygens (including phenoxy) is 1. The van der Waals surface area contributed by atoms with Crippen molar-refractivity contribution < 1.29 is 9.53 Å². The number of nitrogens with two attached hydrogens (primary N) is 1. The number of nitrogens with one attached hydrogen (secondary N) is 2. The fourth-order valence-corrected chi connectivity index (χ4v) is 3.42. The normalized spacial score (nSPS) is 18.5. The van der Waals surface area contributed by atoms with Gasteiger partial charge in [0.25, 0.3) is 5.91 Å². The molecular formula is C21H24N6O2. The van der Waals surface area contributed by atoms with Crippen molar-refractivity contribution in [1.82, 2.24) is 25.4 Å². The fraction of sp³-hybridized carbons (Fsp3) is 0.286. The highest BCUT2D eigenvalue weighted by Gasteiger charge is 2.27. The van der Waals surface area contributed by atoms with Gasteiger partial charge in [-0.2, -0.15) is 5.10 Å². The van der Waals surface area contributed by atoms with Gasteiger partial charge in [-0.15, -0.1) is 0 Å². The second-order valence-electron chi connectivity index (χ2n) is 7.19. The number of aryl methyl sites for hydroxylation is 1. The zero-order chi connectivity index (χ0) is 20.2. The molecule has 1 saturated heterocycles. The van der Waals surface area contributed by atoms with Crippen LogP contribution in [0, 0.1) is 0 Å². The summed E-state index contributed by atoms with van der Waals surface area (Å²) < 4.78 is 7.50. The summed E-state index contributed by atoms with van der Waals surface area (Å²) in [4.78, 5) is 17.0. The molecule has 4 N–H and O–H groups in total. The van der Waals surface area contributed by atoms with Gasteiger partial charge in [0, 0.05) is 49.2 Å². The average molecular weight is 392 g/mol. The number of carbonyl (C=O) groups is 1.